The Kier molecular flexibility index (Phi) is 7.65. The van der Waals surface area contributed by atoms with Gasteiger partial charge < -0.3 is 14.4 Å². The van der Waals surface area contributed by atoms with Crippen LogP contribution in [0.1, 0.15) is 55.5 Å². The van der Waals surface area contributed by atoms with Gasteiger partial charge in [0, 0.05) is 24.2 Å². The number of hydrazone groups is 1. The van der Waals surface area contributed by atoms with Crippen molar-refractivity contribution in [1.29, 1.82) is 0 Å². The van der Waals surface area contributed by atoms with Crippen LogP contribution in [0.2, 0.25) is 0 Å². The highest BCUT2D eigenvalue weighted by Crippen LogP contribution is 2.28. The monoisotopic (exact) mass is 423 g/mol. The minimum atomic E-state index is -0.336. The molecule has 7 heteroatoms. The van der Waals surface area contributed by atoms with Gasteiger partial charge in [-0.15, -0.1) is 0 Å². The van der Waals surface area contributed by atoms with Gasteiger partial charge >= 0.3 is 0 Å². The van der Waals surface area contributed by atoms with Gasteiger partial charge in [-0.3, -0.25) is 9.59 Å². The molecule has 1 saturated heterocycles. The average Bonchev–Trinajstić information content (AvgIpc) is 3.23. The van der Waals surface area contributed by atoms with Gasteiger partial charge in [0.05, 0.1) is 19.4 Å². The molecule has 7 nitrogen and oxygen atoms in total. The van der Waals surface area contributed by atoms with Crippen molar-refractivity contribution < 1.29 is 19.1 Å². The van der Waals surface area contributed by atoms with Crippen molar-refractivity contribution in [2.75, 3.05) is 25.2 Å². The highest BCUT2D eigenvalue weighted by atomic mass is 16.5. The van der Waals surface area contributed by atoms with Gasteiger partial charge in [-0.25, -0.2) is 5.43 Å². The van der Waals surface area contributed by atoms with Crippen LogP contribution in [0.25, 0.3) is 0 Å². The van der Waals surface area contributed by atoms with Crippen LogP contribution >= 0.6 is 0 Å². The standard InChI is InChI=1S/C24H29N3O4/c1-4-5-15-31-21-13-10-19(16-22(21)30-3)24(29)26-25-17(2)18-8-11-20(12-9-18)27-14-6-7-23(27)28/h8-13,16H,4-7,14-15H2,1-3H3,(H,26,29)/b25-17-. The largest absolute Gasteiger partial charge is 0.493 e. The molecule has 2 aromatic carbocycles. The van der Waals surface area contributed by atoms with Crippen molar-refractivity contribution in [3.8, 4) is 11.5 Å². The number of rotatable bonds is 9. The molecule has 1 aliphatic heterocycles. The summed E-state index contributed by atoms with van der Waals surface area (Å²) in [6.07, 6.45) is 3.49. The molecule has 2 aromatic rings. The number of amides is 2. The summed E-state index contributed by atoms with van der Waals surface area (Å²) in [5.41, 5.74) is 5.43. The Morgan fingerprint density at radius 1 is 1.13 bits per heavy atom. The number of carbonyl (C=O) groups is 2. The number of methoxy groups -OCH3 is 1. The second-order valence-electron chi connectivity index (χ2n) is 7.40. The third-order valence-corrected chi connectivity index (χ3v) is 5.18. The highest BCUT2D eigenvalue weighted by molar-refractivity contribution is 6.02. The second kappa shape index (κ2) is 10.6. The predicted octanol–water partition coefficient (Wildman–Crippen LogP) is 4.15. The smallest absolute Gasteiger partial charge is 0.271 e. The fraction of sp³-hybridized carbons (Fsp3) is 0.375. The first-order valence-corrected chi connectivity index (χ1v) is 10.6. The first-order valence-electron chi connectivity index (χ1n) is 10.6. The molecular weight excluding hydrogens is 394 g/mol. The van der Waals surface area contributed by atoms with Crippen molar-refractivity contribution >= 4 is 23.2 Å². The minimum Gasteiger partial charge on any atom is -0.493 e. The number of carbonyl (C=O) groups excluding carboxylic acids is 2. The fourth-order valence-corrected chi connectivity index (χ4v) is 3.32. The molecular formula is C24H29N3O4. The lowest BCUT2D eigenvalue weighted by Crippen LogP contribution is -2.23. The molecule has 0 aliphatic carbocycles. The van der Waals surface area contributed by atoms with E-state index in [1.165, 1.54) is 0 Å². The van der Waals surface area contributed by atoms with Gasteiger partial charge in [0.1, 0.15) is 0 Å². The van der Waals surface area contributed by atoms with Gasteiger partial charge in [-0.1, -0.05) is 25.5 Å². The van der Waals surface area contributed by atoms with Gasteiger partial charge in [-0.05, 0) is 55.7 Å². The molecule has 31 heavy (non-hydrogen) atoms. The molecule has 0 radical (unpaired) electrons. The van der Waals surface area contributed by atoms with E-state index in [0.29, 0.717) is 35.8 Å². The number of nitrogens with one attached hydrogen (secondary N) is 1. The van der Waals surface area contributed by atoms with E-state index in [1.807, 2.05) is 31.2 Å². The number of unbranched alkanes of at least 4 members (excludes halogenated alkanes) is 1. The summed E-state index contributed by atoms with van der Waals surface area (Å²) in [4.78, 5) is 26.2. The van der Waals surface area contributed by atoms with Crippen molar-refractivity contribution in [2.45, 2.75) is 39.5 Å². The Morgan fingerprint density at radius 2 is 1.87 bits per heavy atom. The quantitative estimate of drug-likeness (QED) is 0.373. The van der Waals surface area contributed by atoms with Crippen LogP contribution in [0.3, 0.4) is 0 Å². The zero-order valence-electron chi connectivity index (χ0n) is 18.3. The number of ether oxygens (including phenoxy) is 2. The van der Waals surface area contributed by atoms with Crippen molar-refractivity contribution in [1.82, 2.24) is 5.43 Å². The van der Waals surface area contributed by atoms with E-state index >= 15 is 0 Å². The van der Waals surface area contributed by atoms with Crippen LogP contribution in [-0.2, 0) is 4.79 Å². The van der Waals surface area contributed by atoms with E-state index in [9.17, 15) is 9.59 Å². The summed E-state index contributed by atoms with van der Waals surface area (Å²) in [5, 5.41) is 4.22. The van der Waals surface area contributed by atoms with E-state index in [2.05, 4.69) is 17.5 Å². The van der Waals surface area contributed by atoms with E-state index in [1.54, 1.807) is 30.2 Å². The van der Waals surface area contributed by atoms with Gasteiger partial charge in [0.2, 0.25) is 5.91 Å². The summed E-state index contributed by atoms with van der Waals surface area (Å²) >= 11 is 0. The number of benzene rings is 2. The SMILES string of the molecule is CCCCOc1ccc(C(=O)N/N=C(/C)c2ccc(N3CCCC3=O)cc2)cc1OC. The van der Waals surface area contributed by atoms with Crippen LogP contribution in [0.5, 0.6) is 11.5 Å². The summed E-state index contributed by atoms with van der Waals surface area (Å²) in [6, 6.07) is 12.7. The summed E-state index contributed by atoms with van der Waals surface area (Å²) < 4.78 is 11.1. The Hall–Kier alpha value is -3.35. The lowest BCUT2D eigenvalue weighted by Gasteiger charge is -2.15. The van der Waals surface area contributed by atoms with Crippen LogP contribution in [0, 0.1) is 0 Å². The van der Waals surface area contributed by atoms with E-state index < -0.39 is 0 Å². The highest BCUT2D eigenvalue weighted by Gasteiger charge is 2.21. The molecule has 0 aromatic heterocycles. The summed E-state index contributed by atoms with van der Waals surface area (Å²) in [7, 11) is 1.55. The number of anilines is 1. The Balaban J connectivity index is 1.64. The van der Waals surface area contributed by atoms with Gasteiger partial charge in [0.15, 0.2) is 11.5 Å². The number of nitrogens with zero attached hydrogens (tertiary/aromatic N) is 2. The first kappa shape index (κ1) is 22.3. The molecule has 0 spiro atoms. The molecule has 3 rings (SSSR count). The normalized spacial score (nSPS) is 14.0. The third-order valence-electron chi connectivity index (χ3n) is 5.18. The van der Waals surface area contributed by atoms with Gasteiger partial charge in [0.25, 0.3) is 5.91 Å². The Labute approximate surface area is 183 Å². The van der Waals surface area contributed by atoms with Gasteiger partial charge in [-0.2, -0.15) is 5.10 Å². The summed E-state index contributed by atoms with van der Waals surface area (Å²) in [6.45, 7) is 5.28. The maximum absolute atomic E-state index is 12.5. The maximum atomic E-state index is 12.5. The topological polar surface area (TPSA) is 80.2 Å². The summed E-state index contributed by atoms with van der Waals surface area (Å²) in [5.74, 6) is 0.944. The van der Waals surface area contributed by atoms with E-state index in [-0.39, 0.29) is 11.8 Å². The molecule has 2 amide bonds. The zero-order chi connectivity index (χ0) is 22.2. The molecule has 0 bridgehead atoms. The molecule has 1 N–H and O–H groups in total. The molecule has 1 heterocycles. The van der Waals surface area contributed by atoms with Crippen LogP contribution in [0.4, 0.5) is 5.69 Å². The minimum absolute atomic E-state index is 0.155. The molecule has 0 unspecified atom stereocenters. The number of hydrogen-bond donors (Lipinski definition) is 1. The van der Waals surface area contributed by atoms with E-state index in [0.717, 1.165) is 37.1 Å². The van der Waals surface area contributed by atoms with Crippen LogP contribution < -0.4 is 19.8 Å². The zero-order valence-corrected chi connectivity index (χ0v) is 18.3. The molecule has 1 aliphatic rings. The molecule has 1 fully saturated rings. The lowest BCUT2D eigenvalue weighted by atomic mass is 10.1. The lowest BCUT2D eigenvalue weighted by molar-refractivity contribution is -0.117. The van der Waals surface area contributed by atoms with E-state index in [4.69, 9.17) is 9.47 Å². The van der Waals surface area contributed by atoms with Crippen LogP contribution in [0.15, 0.2) is 47.6 Å². The fourth-order valence-electron chi connectivity index (χ4n) is 3.32. The van der Waals surface area contributed by atoms with Crippen LogP contribution in [-0.4, -0.2) is 37.8 Å². The number of hydrogen-bond acceptors (Lipinski definition) is 5. The van der Waals surface area contributed by atoms with Crippen molar-refractivity contribution in [2.24, 2.45) is 5.10 Å². The molecule has 0 saturated carbocycles. The Bertz CT molecular complexity index is 954. The van der Waals surface area contributed by atoms with Crippen molar-refractivity contribution in [3.63, 3.8) is 0 Å². The average molecular weight is 424 g/mol. The second-order valence-corrected chi connectivity index (χ2v) is 7.40. The molecule has 0 atom stereocenters. The predicted molar refractivity (Wildman–Crippen MR) is 121 cm³/mol. The first-order chi connectivity index (χ1) is 15.0. The third kappa shape index (κ3) is 5.63. The maximum Gasteiger partial charge on any atom is 0.271 e. The molecule has 164 valence electrons. The van der Waals surface area contributed by atoms with Crippen molar-refractivity contribution in [3.05, 3.63) is 53.6 Å². The Morgan fingerprint density at radius 3 is 2.52 bits per heavy atom.